The largest absolute Gasteiger partial charge is 0.288 e. The summed E-state index contributed by atoms with van der Waals surface area (Å²) in [6.07, 6.45) is 0. The van der Waals surface area contributed by atoms with E-state index in [1.165, 1.54) is 0 Å². The van der Waals surface area contributed by atoms with E-state index in [1.54, 1.807) is 6.07 Å². The molecule has 0 heterocycles. The maximum atomic E-state index is 12.7. The minimum Gasteiger partial charge on any atom is -0.288 e. The zero-order valence-electron chi connectivity index (χ0n) is 11.6. The Balaban J connectivity index is 2.22. The summed E-state index contributed by atoms with van der Waals surface area (Å²) >= 11 is 0. The Kier molecular flexibility index (Phi) is 2.01. The van der Waals surface area contributed by atoms with Gasteiger partial charge in [0.05, 0.1) is 5.22 Å². The van der Waals surface area contributed by atoms with E-state index in [0.29, 0.717) is 16.0 Å². The number of hydrogen-bond acceptors (Lipinski definition) is 2. The fraction of sp³-hybridized carbons (Fsp3) is 0. The van der Waals surface area contributed by atoms with Gasteiger partial charge in [0.2, 0.25) is 0 Å². The maximum absolute atomic E-state index is 12.7. The highest BCUT2D eigenvalue weighted by Gasteiger charge is 2.16. The first-order chi connectivity index (χ1) is 10.8. The molecule has 5 rings (SSSR count). The van der Waals surface area contributed by atoms with Crippen molar-refractivity contribution in [2.75, 3.05) is 0 Å². The molecule has 0 bridgehead atoms. The highest BCUT2D eigenvalue weighted by molar-refractivity contribution is 6.03. The highest BCUT2D eigenvalue weighted by Crippen LogP contribution is 2.26. The summed E-state index contributed by atoms with van der Waals surface area (Å²) in [5.41, 5.74) is -0.284. The van der Waals surface area contributed by atoms with Gasteiger partial charge in [-0.25, -0.2) is 0 Å². The number of hydrogen-bond donors (Lipinski definition) is 0. The molecule has 3 aromatic rings. The average molecular weight is 282 g/mol. The molecule has 0 spiro atoms. The van der Waals surface area contributed by atoms with Gasteiger partial charge in [0.1, 0.15) is 0 Å². The van der Waals surface area contributed by atoms with E-state index >= 15 is 0 Å². The molecular formula is C20H10O2. The lowest BCUT2D eigenvalue weighted by Gasteiger charge is -1.98. The van der Waals surface area contributed by atoms with Crippen LogP contribution in [-0.4, -0.2) is 0 Å². The molecule has 0 radical (unpaired) electrons. The Morgan fingerprint density at radius 1 is 0.500 bits per heavy atom. The van der Waals surface area contributed by atoms with Gasteiger partial charge in [0, 0.05) is 16.0 Å². The van der Waals surface area contributed by atoms with Crippen molar-refractivity contribution in [2.24, 2.45) is 0 Å². The van der Waals surface area contributed by atoms with Gasteiger partial charge in [-0.2, -0.15) is 0 Å². The van der Waals surface area contributed by atoms with Crippen LogP contribution in [0.5, 0.6) is 0 Å². The molecule has 22 heavy (non-hydrogen) atoms. The van der Waals surface area contributed by atoms with Gasteiger partial charge >= 0.3 is 0 Å². The van der Waals surface area contributed by atoms with Crippen LogP contribution in [0.1, 0.15) is 0 Å². The van der Waals surface area contributed by atoms with E-state index in [1.807, 2.05) is 54.6 Å². The zero-order valence-corrected chi connectivity index (χ0v) is 11.6. The lowest BCUT2D eigenvalue weighted by atomic mass is 10.0. The molecule has 0 N–H and O–H groups in total. The maximum Gasteiger partial charge on any atom is 0.198 e. The van der Waals surface area contributed by atoms with Gasteiger partial charge in [-0.15, -0.1) is 0 Å². The first-order valence-electron chi connectivity index (χ1n) is 7.22. The van der Waals surface area contributed by atoms with Crippen molar-refractivity contribution < 1.29 is 0 Å². The molecule has 0 unspecified atom stereocenters. The third-order valence-corrected chi connectivity index (χ3v) is 4.54. The summed E-state index contributed by atoms with van der Waals surface area (Å²) in [4.78, 5) is 25.3. The minimum absolute atomic E-state index is 0.142. The molecule has 102 valence electrons. The van der Waals surface area contributed by atoms with Crippen molar-refractivity contribution in [3.05, 3.63) is 91.5 Å². The van der Waals surface area contributed by atoms with E-state index in [2.05, 4.69) is 0 Å². The van der Waals surface area contributed by atoms with Crippen LogP contribution in [0.3, 0.4) is 0 Å². The normalized spacial score (nSPS) is 12.0. The van der Waals surface area contributed by atoms with Crippen molar-refractivity contribution in [2.45, 2.75) is 0 Å². The van der Waals surface area contributed by atoms with E-state index in [9.17, 15) is 9.59 Å². The second-order valence-electron chi connectivity index (χ2n) is 5.70. The molecule has 0 aromatic heterocycles. The number of rotatable bonds is 0. The Bertz CT molecular complexity index is 1350. The first-order valence-corrected chi connectivity index (χ1v) is 7.22. The van der Waals surface area contributed by atoms with Crippen molar-refractivity contribution in [1.82, 2.24) is 0 Å². The third kappa shape index (κ3) is 1.25. The summed E-state index contributed by atoms with van der Waals surface area (Å²) in [5.74, 6) is 0. The highest BCUT2D eigenvalue weighted by atomic mass is 16.1. The standard InChI is InChI=1S/C20H10O2/c21-19-14-8-4-3-7-13(14)17-15-9-11-5-1-2-6-12(11)10-16(15)20(22)18(17)19/h1-10H. The molecule has 0 saturated carbocycles. The lowest BCUT2D eigenvalue weighted by molar-refractivity contribution is 1.56. The smallest absolute Gasteiger partial charge is 0.198 e. The van der Waals surface area contributed by atoms with Crippen LogP contribution in [-0.2, 0) is 0 Å². The van der Waals surface area contributed by atoms with Gasteiger partial charge in [0.15, 0.2) is 10.9 Å². The Morgan fingerprint density at radius 2 is 1.05 bits per heavy atom. The van der Waals surface area contributed by atoms with Crippen LogP contribution in [0.4, 0.5) is 0 Å². The number of benzene rings is 3. The van der Waals surface area contributed by atoms with Gasteiger partial charge in [0.25, 0.3) is 0 Å². The van der Waals surface area contributed by atoms with Crippen LogP contribution in [0.2, 0.25) is 0 Å². The molecule has 0 amide bonds. The van der Waals surface area contributed by atoms with Gasteiger partial charge in [-0.3, -0.25) is 9.59 Å². The molecule has 2 nitrogen and oxygen atoms in total. The molecule has 2 heteroatoms. The predicted molar refractivity (Wildman–Crippen MR) is 89.2 cm³/mol. The van der Waals surface area contributed by atoms with Gasteiger partial charge in [-0.05, 0) is 33.7 Å². The second kappa shape index (κ2) is 3.80. The monoisotopic (exact) mass is 282 g/mol. The average Bonchev–Trinajstić information content (AvgIpc) is 3.01. The molecule has 2 aliphatic rings. The van der Waals surface area contributed by atoms with E-state index in [0.717, 1.165) is 26.8 Å². The van der Waals surface area contributed by atoms with Crippen molar-refractivity contribution >= 4 is 32.3 Å². The summed E-state index contributed by atoms with van der Waals surface area (Å²) in [6.45, 7) is 0. The summed E-state index contributed by atoms with van der Waals surface area (Å²) in [5, 5.41) is 6.31. The predicted octanol–water partition coefficient (Wildman–Crippen LogP) is 3.47. The van der Waals surface area contributed by atoms with E-state index in [4.69, 9.17) is 0 Å². The fourth-order valence-electron chi connectivity index (χ4n) is 3.55. The van der Waals surface area contributed by atoms with Crippen LogP contribution in [0.25, 0.3) is 32.3 Å². The molecule has 2 aliphatic carbocycles. The topological polar surface area (TPSA) is 34.1 Å². The fourth-order valence-corrected chi connectivity index (χ4v) is 3.55. The summed E-state index contributed by atoms with van der Waals surface area (Å²) < 4.78 is 0. The molecule has 0 atom stereocenters. The lowest BCUT2D eigenvalue weighted by Crippen LogP contribution is -2.08. The Hall–Kier alpha value is -3.00. The van der Waals surface area contributed by atoms with Crippen LogP contribution >= 0.6 is 0 Å². The molecule has 3 aromatic carbocycles. The van der Waals surface area contributed by atoms with E-state index in [-0.39, 0.29) is 10.9 Å². The second-order valence-corrected chi connectivity index (χ2v) is 5.70. The Labute approximate surface area is 124 Å². The summed E-state index contributed by atoms with van der Waals surface area (Å²) in [6, 6.07) is 19.3. The SMILES string of the molecule is O=c1c2c(=O)c3cc4ccccc4cc3c=2c2ccccc12. The molecule has 0 saturated heterocycles. The summed E-state index contributed by atoms with van der Waals surface area (Å²) in [7, 11) is 0. The zero-order chi connectivity index (χ0) is 14.8. The van der Waals surface area contributed by atoms with Crippen molar-refractivity contribution in [1.29, 1.82) is 0 Å². The molecule has 0 aliphatic heterocycles. The van der Waals surface area contributed by atoms with Crippen LogP contribution in [0.15, 0.2) is 70.3 Å². The van der Waals surface area contributed by atoms with Crippen molar-refractivity contribution in [3.8, 4) is 0 Å². The quantitative estimate of drug-likeness (QED) is 0.436. The minimum atomic E-state index is -0.143. The third-order valence-electron chi connectivity index (χ3n) is 4.54. The Morgan fingerprint density at radius 3 is 1.77 bits per heavy atom. The van der Waals surface area contributed by atoms with Crippen LogP contribution in [0, 0.1) is 10.4 Å². The van der Waals surface area contributed by atoms with Crippen molar-refractivity contribution in [3.63, 3.8) is 0 Å². The molecular weight excluding hydrogens is 272 g/mol. The van der Waals surface area contributed by atoms with Crippen LogP contribution < -0.4 is 10.9 Å². The van der Waals surface area contributed by atoms with Gasteiger partial charge < -0.3 is 0 Å². The molecule has 0 fully saturated rings. The first kappa shape index (κ1) is 11.6. The van der Waals surface area contributed by atoms with E-state index < -0.39 is 0 Å². The van der Waals surface area contributed by atoms with Gasteiger partial charge in [-0.1, -0.05) is 48.5 Å². The number of fused-ring (bicyclic) bond motifs is 5.